The van der Waals surface area contributed by atoms with Gasteiger partial charge in [-0.3, -0.25) is 0 Å². The van der Waals surface area contributed by atoms with E-state index >= 15 is 0 Å². The lowest BCUT2D eigenvalue weighted by atomic mass is 10.2. The first-order valence-electron chi connectivity index (χ1n) is 8.22. The molecule has 1 aromatic carbocycles. The largest absolute Gasteiger partial charge is 0.457 e. The van der Waals surface area contributed by atoms with Crippen molar-refractivity contribution in [2.75, 3.05) is 13.2 Å². The van der Waals surface area contributed by atoms with Crippen LogP contribution in [0.15, 0.2) is 29.6 Å². The molecule has 1 fully saturated rings. The molecule has 7 heteroatoms. The second-order valence-electron chi connectivity index (χ2n) is 5.87. The number of ether oxygens (including phenoxy) is 3. The highest BCUT2D eigenvalue weighted by atomic mass is 32.1. The molecule has 0 radical (unpaired) electrons. The van der Waals surface area contributed by atoms with E-state index in [4.69, 9.17) is 14.2 Å². The van der Waals surface area contributed by atoms with E-state index in [1.165, 1.54) is 23.5 Å². The highest BCUT2D eigenvalue weighted by Gasteiger charge is 2.21. The first kappa shape index (κ1) is 18.0. The summed E-state index contributed by atoms with van der Waals surface area (Å²) < 4.78 is 29.2. The minimum atomic E-state index is -0.639. The molecule has 0 N–H and O–H groups in total. The zero-order valence-electron chi connectivity index (χ0n) is 13.9. The van der Waals surface area contributed by atoms with E-state index in [1.54, 1.807) is 19.1 Å². The highest BCUT2D eigenvalue weighted by Crippen LogP contribution is 2.24. The average Bonchev–Trinajstić information content (AvgIpc) is 3.30. The van der Waals surface area contributed by atoms with E-state index < -0.39 is 12.1 Å². The van der Waals surface area contributed by atoms with Gasteiger partial charge in [-0.05, 0) is 44.0 Å². The number of aromatic nitrogens is 1. The molecule has 2 heterocycles. The van der Waals surface area contributed by atoms with Gasteiger partial charge in [0.2, 0.25) is 0 Å². The molecule has 5 nitrogen and oxygen atoms in total. The number of esters is 1. The van der Waals surface area contributed by atoms with Crippen LogP contribution in [0.5, 0.6) is 0 Å². The lowest BCUT2D eigenvalue weighted by Crippen LogP contribution is -2.27. The minimum Gasteiger partial charge on any atom is -0.457 e. The SMILES string of the molecule is CC(OCC1CCCO1)C(=O)OCc1csc(-c2ccc(F)cc2)n1. The van der Waals surface area contributed by atoms with Crippen LogP contribution in [0.25, 0.3) is 10.6 Å². The number of nitrogens with zero attached hydrogens (tertiary/aromatic N) is 1. The maximum Gasteiger partial charge on any atom is 0.335 e. The Morgan fingerprint density at radius 1 is 1.44 bits per heavy atom. The van der Waals surface area contributed by atoms with E-state index in [0.29, 0.717) is 12.3 Å². The van der Waals surface area contributed by atoms with Crippen LogP contribution in [0.3, 0.4) is 0 Å². The van der Waals surface area contributed by atoms with Crippen molar-refractivity contribution >= 4 is 17.3 Å². The molecule has 0 amide bonds. The normalized spacial score (nSPS) is 18.2. The standard InChI is InChI=1S/C18H20FNO4S/c1-12(23-10-16-3-2-8-22-16)18(21)24-9-15-11-25-17(20-15)13-4-6-14(19)7-5-13/h4-7,11-12,16H,2-3,8-10H2,1H3. The summed E-state index contributed by atoms with van der Waals surface area (Å²) in [5, 5.41) is 2.58. The molecular weight excluding hydrogens is 345 g/mol. The van der Waals surface area contributed by atoms with Gasteiger partial charge in [0.1, 0.15) is 17.4 Å². The number of thiazole rings is 1. The quantitative estimate of drug-likeness (QED) is 0.702. The van der Waals surface area contributed by atoms with Crippen molar-refractivity contribution in [2.45, 2.75) is 38.6 Å². The smallest absolute Gasteiger partial charge is 0.335 e. The predicted molar refractivity (Wildman–Crippen MR) is 91.7 cm³/mol. The fourth-order valence-electron chi connectivity index (χ4n) is 2.46. The second-order valence-corrected chi connectivity index (χ2v) is 6.73. The van der Waals surface area contributed by atoms with Crippen molar-refractivity contribution in [3.05, 3.63) is 41.2 Å². The van der Waals surface area contributed by atoms with Crippen LogP contribution in [0, 0.1) is 5.82 Å². The number of hydrogen-bond acceptors (Lipinski definition) is 6. The topological polar surface area (TPSA) is 57.7 Å². The van der Waals surface area contributed by atoms with Crippen molar-refractivity contribution in [3.8, 4) is 10.6 Å². The van der Waals surface area contributed by atoms with Gasteiger partial charge >= 0.3 is 5.97 Å². The third kappa shape index (κ3) is 5.07. The maximum atomic E-state index is 13.0. The van der Waals surface area contributed by atoms with Gasteiger partial charge in [0, 0.05) is 17.6 Å². The van der Waals surface area contributed by atoms with Crippen molar-refractivity contribution in [3.63, 3.8) is 0 Å². The van der Waals surface area contributed by atoms with Gasteiger partial charge in [0.05, 0.1) is 18.4 Å². The zero-order valence-corrected chi connectivity index (χ0v) is 14.8. The lowest BCUT2D eigenvalue weighted by Gasteiger charge is -2.15. The molecule has 1 aliphatic rings. The molecule has 1 saturated heterocycles. The van der Waals surface area contributed by atoms with E-state index in [-0.39, 0.29) is 18.5 Å². The Hall–Kier alpha value is -1.83. The molecule has 1 aliphatic heterocycles. The van der Waals surface area contributed by atoms with E-state index in [2.05, 4.69) is 4.98 Å². The zero-order chi connectivity index (χ0) is 17.6. The van der Waals surface area contributed by atoms with Gasteiger partial charge in [-0.1, -0.05) is 0 Å². The lowest BCUT2D eigenvalue weighted by molar-refractivity contribution is -0.159. The fraction of sp³-hybridized carbons (Fsp3) is 0.444. The van der Waals surface area contributed by atoms with E-state index in [1.807, 2.05) is 5.38 Å². The van der Waals surface area contributed by atoms with Gasteiger partial charge in [-0.25, -0.2) is 14.2 Å². The first-order valence-corrected chi connectivity index (χ1v) is 9.10. The monoisotopic (exact) mass is 365 g/mol. The van der Waals surface area contributed by atoms with Crippen LogP contribution in [0.2, 0.25) is 0 Å². The van der Waals surface area contributed by atoms with Crippen LogP contribution in [-0.4, -0.2) is 36.4 Å². The van der Waals surface area contributed by atoms with Gasteiger partial charge < -0.3 is 14.2 Å². The number of hydrogen-bond donors (Lipinski definition) is 0. The highest BCUT2D eigenvalue weighted by molar-refractivity contribution is 7.13. The average molecular weight is 365 g/mol. The van der Waals surface area contributed by atoms with Crippen LogP contribution in [0.4, 0.5) is 4.39 Å². The molecule has 0 saturated carbocycles. The third-order valence-electron chi connectivity index (χ3n) is 3.89. The van der Waals surface area contributed by atoms with Crippen molar-refractivity contribution < 1.29 is 23.4 Å². The molecule has 134 valence electrons. The van der Waals surface area contributed by atoms with Gasteiger partial charge in [0.15, 0.2) is 6.10 Å². The number of benzene rings is 1. The maximum absolute atomic E-state index is 13.0. The fourth-order valence-corrected chi connectivity index (χ4v) is 3.27. The Balaban J connectivity index is 1.46. The Morgan fingerprint density at radius 3 is 2.96 bits per heavy atom. The Kier molecular flexibility index (Phi) is 6.12. The van der Waals surface area contributed by atoms with E-state index in [0.717, 1.165) is 30.0 Å². The summed E-state index contributed by atoms with van der Waals surface area (Å²) in [6.45, 7) is 2.92. The number of carbonyl (C=O) groups excluding carboxylic acids is 1. The van der Waals surface area contributed by atoms with Gasteiger partial charge in [0.25, 0.3) is 0 Å². The summed E-state index contributed by atoms with van der Waals surface area (Å²) >= 11 is 1.42. The summed E-state index contributed by atoms with van der Waals surface area (Å²) in [5.74, 6) is -0.708. The van der Waals surface area contributed by atoms with Crippen molar-refractivity contribution in [1.82, 2.24) is 4.98 Å². The van der Waals surface area contributed by atoms with Crippen molar-refractivity contribution in [1.29, 1.82) is 0 Å². The minimum absolute atomic E-state index is 0.0760. The summed E-state index contributed by atoms with van der Waals surface area (Å²) in [4.78, 5) is 16.4. The van der Waals surface area contributed by atoms with E-state index in [9.17, 15) is 9.18 Å². The summed E-state index contributed by atoms with van der Waals surface area (Å²) in [6, 6.07) is 6.13. The molecule has 1 aromatic heterocycles. The molecule has 25 heavy (non-hydrogen) atoms. The van der Waals surface area contributed by atoms with Gasteiger partial charge in [-0.15, -0.1) is 11.3 Å². The van der Waals surface area contributed by atoms with Crippen LogP contribution >= 0.6 is 11.3 Å². The van der Waals surface area contributed by atoms with Crippen LogP contribution < -0.4 is 0 Å². The molecule has 0 bridgehead atoms. The predicted octanol–water partition coefficient (Wildman–Crippen LogP) is 3.58. The summed E-state index contributed by atoms with van der Waals surface area (Å²) in [7, 11) is 0. The molecule has 0 spiro atoms. The van der Waals surface area contributed by atoms with Crippen LogP contribution in [-0.2, 0) is 25.6 Å². The van der Waals surface area contributed by atoms with Gasteiger partial charge in [-0.2, -0.15) is 0 Å². The molecular formula is C18H20FNO4S. The van der Waals surface area contributed by atoms with Crippen molar-refractivity contribution in [2.24, 2.45) is 0 Å². The molecule has 2 aromatic rings. The number of carbonyl (C=O) groups is 1. The Morgan fingerprint density at radius 2 is 2.24 bits per heavy atom. The van der Waals surface area contributed by atoms with Crippen LogP contribution in [0.1, 0.15) is 25.5 Å². The molecule has 2 unspecified atom stereocenters. The number of halogens is 1. The first-order chi connectivity index (χ1) is 12.1. The molecule has 3 rings (SSSR count). The number of rotatable bonds is 7. The molecule has 2 atom stereocenters. The third-order valence-corrected chi connectivity index (χ3v) is 4.83. The molecule has 0 aliphatic carbocycles. The summed E-state index contributed by atoms with van der Waals surface area (Å²) in [6.07, 6.45) is 1.44. The second kappa shape index (κ2) is 8.51. The Bertz CT molecular complexity index is 697. The summed E-state index contributed by atoms with van der Waals surface area (Å²) in [5.41, 5.74) is 1.49. The Labute approximate surface area is 149 Å².